The van der Waals surface area contributed by atoms with E-state index in [4.69, 9.17) is 5.73 Å². The van der Waals surface area contributed by atoms with Crippen LogP contribution in [0.15, 0.2) is 18.2 Å². The van der Waals surface area contributed by atoms with Gasteiger partial charge >= 0.3 is 0 Å². The lowest BCUT2D eigenvalue weighted by Gasteiger charge is -2.29. The fourth-order valence-corrected chi connectivity index (χ4v) is 2.57. The molecule has 0 spiro atoms. The molecule has 1 aliphatic rings. The Hall–Kier alpha value is -1.09. The summed E-state index contributed by atoms with van der Waals surface area (Å²) >= 11 is 0. The topological polar surface area (TPSA) is 29.3 Å². The lowest BCUT2D eigenvalue weighted by atomic mass is 10.0. The van der Waals surface area contributed by atoms with E-state index < -0.39 is 0 Å². The summed E-state index contributed by atoms with van der Waals surface area (Å²) in [5.41, 5.74) is 8.12. The molecular formula is C16H25FN2. The van der Waals surface area contributed by atoms with Crippen LogP contribution in [0.5, 0.6) is 0 Å². The smallest absolute Gasteiger partial charge is 0.123 e. The summed E-state index contributed by atoms with van der Waals surface area (Å²) in [7, 11) is 0. The molecule has 2 rings (SSSR count). The lowest BCUT2D eigenvalue weighted by molar-refractivity contribution is 0.598. The van der Waals surface area contributed by atoms with Crippen LogP contribution in [-0.4, -0.2) is 18.6 Å². The highest BCUT2D eigenvalue weighted by Crippen LogP contribution is 2.35. The quantitative estimate of drug-likeness (QED) is 0.854. The van der Waals surface area contributed by atoms with Crippen molar-refractivity contribution in [3.05, 3.63) is 29.6 Å². The minimum atomic E-state index is -0.167. The Morgan fingerprint density at radius 1 is 1.32 bits per heavy atom. The summed E-state index contributed by atoms with van der Waals surface area (Å²) in [6.45, 7) is 7.45. The highest BCUT2D eigenvalue weighted by Gasteiger charge is 2.30. The van der Waals surface area contributed by atoms with Crippen LogP contribution in [-0.2, 0) is 6.42 Å². The van der Waals surface area contributed by atoms with E-state index in [2.05, 4.69) is 18.7 Å². The van der Waals surface area contributed by atoms with Crippen molar-refractivity contribution in [1.82, 2.24) is 0 Å². The maximum Gasteiger partial charge on any atom is 0.123 e. The van der Waals surface area contributed by atoms with Crippen LogP contribution in [0.3, 0.4) is 0 Å². The first-order valence-corrected chi connectivity index (χ1v) is 7.28. The zero-order valence-electron chi connectivity index (χ0n) is 12.2. The largest absolute Gasteiger partial charge is 0.368 e. The summed E-state index contributed by atoms with van der Waals surface area (Å²) in [5, 5.41) is 0. The second-order valence-corrected chi connectivity index (χ2v) is 6.23. The van der Waals surface area contributed by atoms with Gasteiger partial charge in [0.15, 0.2) is 0 Å². The summed E-state index contributed by atoms with van der Waals surface area (Å²) < 4.78 is 13.5. The zero-order chi connectivity index (χ0) is 14.0. The Balaban J connectivity index is 2.29. The van der Waals surface area contributed by atoms with Crippen molar-refractivity contribution in [2.75, 3.05) is 11.4 Å². The van der Waals surface area contributed by atoms with Crippen LogP contribution in [0, 0.1) is 11.7 Å². The van der Waals surface area contributed by atoms with Gasteiger partial charge in [0, 0.05) is 24.3 Å². The van der Waals surface area contributed by atoms with Gasteiger partial charge in [-0.3, -0.25) is 0 Å². The Labute approximate surface area is 115 Å². The first-order valence-electron chi connectivity index (χ1n) is 7.28. The van der Waals surface area contributed by atoms with Crippen molar-refractivity contribution in [1.29, 1.82) is 0 Å². The van der Waals surface area contributed by atoms with Gasteiger partial charge in [-0.1, -0.05) is 13.8 Å². The highest BCUT2D eigenvalue weighted by atomic mass is 19.1. The van der Waals surface area contributed by atoms with E-state index in [-0.39, 0.29) is 11.9 Å². The molecule has 0 aliphatic heterocycles. The third-order valence-corrected chi connectivity index (χ3v) is 3.44. The number of rotatable bonds is 6. The summed E-state index contributed by atoms with van der Waals surface area (Å²) in [4.78, 5) is 2.45. The zero-order valence-corrected chi connectivity index (χ0v) is 12.2. The molecule has 1 aromatic carbocycles. The third kappa shape index (κ3) is 3.93. The van der Waals surface area contributed by atoms with Crippen LogP contribution in [0.1, 0.15) is 39.2 Å². The van der Waals surface area contributed by atoms with Gasteiger partial charge in [0.25, 0.3) is 0 Å². The maximum atomic E-state index is 13.5. The van der Waals surface area contributed by atoms with Gasteiger partial charge in [0.05, 0.1) is 0 Å². The molecular weight excluding hydrogens is 239 g/mol. The van der Waals surface area contributed by atoms with Crippen LogP contribution >= 0.6 is 0 Å². The predicted octanol–water partition coefficient (Wildman–Crippen LogP) is 3.34. The molecule has 0 radical (unpaired) electrons. The van der Waals surface area contributed by atoms with Gasteiger partial charge in [0.1, 0.15) is 5.82 Å². The fraction of sp³-hybridized carbons (Fsp3) is 0.625. The minimum Gasteiger partial charge on any atom is -0.368 e. The molecule has 3 heteroatoms. The average molecular weight is 264 g/mol. The summed E-state index contributed by atoms with van der Waals surface area (Å²) in [5.74, 6) is 0.438. The number of nitrogens with two attached hydrogens (primary N) is 1. The first kappa shape index (κ1) is 14.3. The molecule has 0 bridgehead atoms. The molecule has 1 saturated carbocycles. The minimum absolute atomic E-state index is 0.0562. The van der Waals surface area contributed by atoms with E-state index in [1.54, 1.807) is 12.1 Å². The van der Waals surface area contributed by atoms with E-state index in [0.29, 0.717) is 12.0 Å². The summed E-state index contributed by atoms with van der Waals surface area (Å²) in [6.07, 6.45) is 3.23. The first-order chi connectivity index (χ1) is 8.97. The van der Waals surface area contributed by atoms with Crippen molar-refractivity contribution >= 4 is 5.69 Å². The Morgan fingerprint density at radius 3 is 2.53 bits per heavy atom. The molecule has 1 aromatic rings. The maximum absolute atomic E-state index is 13.5. The van der Waals surface area contributed by atoms with Gasteiger partial charge in [-0.2, -0.15) is 0 Å². The number of benzene rings is 1. The van der Waals surface area contributed by atoms with Crippen LogP contribution in [0.2, 0.25) is 0 Å². The lowest BCUT2D eigenvalue weighted by Crippen LogP contribution is -2.31. The molecule has 106 valence electrons. The molecule has 0 heterocycles. The predicted molar refractivity (Wildman–Crippen MR) is 79.0 cm³/mol. The second kappa shape index (κ2) is 5.91. The Kier molecular flexibility index (Phi) is 4.46. The number of hydrogen-bond donors (Lipinski definition) is 1. The van der Waals surface area contributed by atoms with E-state index in [9.17, 15) is 4.39 Å². The molecule has 0 amide bonds. The van der Waals surface area contributed by atoms with Gasteiger partial charge < -0.3 is 10.6 Å². The van der Waals surface area contributed by atoms with Gasteiger partial charge in [0.2, 0.25) is 0 Å². The molecule has 1 unspecified atom stereocenters. The van der Waals surface area contributed by atoms with Crippen molar-refractivity contribution in [3.8, 4) is 0 Å². The third-order valence-electron chi connectivity index (χ3n) is 3.44. The van der Waals surface area contributed by atoms with Gasteiger partial charge in [-0.25, -0.2) is 4.39 Å². The van der Waals surface area contributed by atoms with Gasteiger partial charge in [-0.15, -0.1) is 0 Å². The summed E-state index contributed by atoms with van der Waals surface area (Å²) in [6, 6.07) is 5.83. The molecule has 1 fully saturated rings. The monoisotopic (exact) mass is 264 g/mol. The number of nitrogens with zero attached hydrogens (tertiary/aromatic N) is 1. The van der Waals surface area contributed by atoms with E-state index in [1.807, 2.05) is 13.0 Å². The molecule has 2 N–H and O–H groups in total. The van der Waals surface area contributed by atoms with Crippen molar-refractivity contribution in [3.63, 3.8) is 0 Å². The molecule has 0 aromatic heterocycles. The van der Waals surface area contributed by atoms with Crippen molar-refractivity contribution in [2.24, 2.45) is 11.7 Å². The molecule has 0 saturated heterocycles. The van der Waals surface area contributed by atoms with Crippen LogP contribution in [0.4, 0.5) is 10.1 Å². The average Bonchev–Trinajstić information content (AvgIpc) is 3.09. The highest BCUT2D eigenvalue weighted by molar-refractivity contribution is 5.56. The van der Waals surface area contributed by atoms with Crippen LogP contribution < -0.4 is 10.6 Å². The molecule has 2 nitrogen and oxygen atoms in total. The van der Waals surface area contributed by atoms with E-state index in [0.717, 1.165) is 18.5 Å². The normalized spacial score (nSPS) is 16.7. The standard InChI is InChI=1S/C16H25FN2/c1-11(2)10-19(15-5-6-15)16-7-4-14(17)9-13(16)8-12(3)18/h4,7,9,11-12,15H,5-6,8,10,18H2,1-3H3. The van der Waals surface area contributed by atoms with E-state index >= 15 is 0 Å². The molecule has 1 atom stereocenters. The molecule has 19 heavy (non-hydrogen) atoms. The van der Waals surface area contributed by atoms with Crippen molar-refractivity contribution < 1.29 is 4.39 Å². The SMILES string of the molecule is CC(C)CN(c1ccc(F)cc1CC(C)N)C1CC1. The number of hydrogen-bond acceptors (Lipinski definition) is 2. The second-order valence-electron chi connectivity index (χ2n) is 6.23. The van der Waals surface area contributed by atoms with Crippen molar-refractivity contribution in [2.45, 2.75) is 52.1 Å². The number of anilines is 1. The fourth-order valence-electron chi connectivity index (χ4n) is 2.57. The van der Waals surface area contributed by atoms with Gasteiger partial charge in [-0.05, 0) is 55.9 Å². The van der Waals surface area contributed by atoms with E-state index in [1.165, 1.54) is 18.5 Å². The number of halogens is 1. The van der Waals surface area contributed by atoms with Crippen LogP contribution in [0.25, 0.3) is 0 Å². The Morgan fingerprint density at radius 2 is 2.00 bits per heavy atom. The Bertz CT molecular complexity index is 425. The molecule has 1 aliphatic carbocycles.